The summed E-state index contributed by atoms with van der Waals surface area (Å²) in [5.74, 6) is 1.65. The van der Waals surface area contributed by atoms with E-state index >= 15 is 0 Å². The average molecular weight is 599 g/mol. The highest BCUT2D eigenvalue weighted by Gasteiger charge is 2.32. The van der Waals surface area contributed by atoms with Crippen LogP contribution < -0.4 is 21.1 Å². The highest BCUT2D eigenvalue weighted by atomic mass is 35.5. The Bertz CT molecular complexity index is 1590. The highest BCUT2D eigenvalue weighted by molar-refractivity contribution is 7.92. The first-order valence-corrected chi connectivity index (χ1v) is 15.6. The van der Waals surface area contributed by atoms with Crippen LogP contribution in [0, 0.1) is 6.92 Å². The lowest BCUT2D eigenvalue weighted by Gasteiger charge is -2.32. The number of halogens is 1. The van der Waals surface area contributed by atoms with Crippen LogP contribution in [0.1, 0.15) is 56.2 Å². The molecular formula is C29H35ClN6O4S. The van der Waals surface area contributed by atoms with Gasteiger partial charge in [0, 0.05) is 25.1 Å². The maximum absolute atomic E-state index is 12.9. The lowest BCUT2D eigenvalue weighted by molar-refractivity contribution is 0.190. The first-order chi connectivity index (χ1) is 19.5. The number of rotatable bonds is 7. The second-order valence-electron chi connectivity index (χ2n) is 10.9. The molecule has 2 aromatic carbocycles. The normalized spacial score (nSPS) is 17.3. The van der Waals surface area contributed by atoms with E-state index in [1.807, 2.05) is 13.0 Å². The van der Waals surface area contributed by atoms with E-state index in [1.54, 1.807) is 43.0 Å². The summed E-state index contributed by atoms with van der Waals surface area (Å²) in [5.41, 5.74) is 10.2. The number of likely N-dealkylation sites (tertiary alicyclic amines) is 1. The number of aryl methyl sites for hydroxylation is 1. The number of benzene rings is 2. The van der Waals surface area contributed by atoms with Gasteiger partial charge in [-0.2, -0.15) is 4.98 Å². The Balaban J connectivity index is 1.44. The van der Waals surface area contributed by atoms with Gasteiger partial charge in [-0.1, -0.05) is 23.7 Å². The zero-order valence-corrected chi connectivity index (χ0v) is 25.1. The number of nitrogens with two attached hydrogens (primary N) is 1. The Morgan fingerprint density at radius 3 is 2.56 bits per heavy atom. The van der Waals surface area contributed by atoms with E-state index in [-0.39, 0.29) is 33.8 Å². The van der Waals surface area contributed by atoms with E-state index in [0.29, 0.717) is 24.7 Å². The number of carbonyl (C=O) groups excluding carboxylic acids is 1. The van der Waals surface area contributed by atoms with Gasteiger partial charge in [0.05, 0.1) is 27.7 Å². The van der Waals surface area contributed by atoms with Crippen molar-refractivity contribution in [1.82, 2.24) is 14.9 Å². The fourth-order valence-corrected chi connectivity index (χ4v) is 6.98. The number of amides is 2. The third-order valence-electron chi connectivity index (χ3n) is 7.71. The van der Waals surface area contributed by atoms with Crippen LogP contribution in [0.4, 0.5) is 27.9 Å². The van der Waals surface area contributed by atoms with Gasteiger partial charge in [0.1, 0.15) is 16.9 Å². The van der Waals surface area contributed by atoms with E-state index in [0.717, 1.165) is 41.8 Å². The van der Waals surface area contributed by atoms with Crippen molar-refractivity contribution in [1.29, 1.82) is 0 Å². The zero-order valence-electron chi connectivity index (χ0n) is 23.6. The van der Waals surface area contributed by atoms with Crippen LogP contribution in [-0.4, -0.2) is 53.8 Å². The van der Waals surface area contributed by atoms with Crippen LogP contribution in [0.3, 0.4) is 0 Å². The molecule has 2 aliphatic heterocycles. The van der Waals surface area contributed by atoms with E-state index in [1.165, 1.54) is 11.8 Å². The van der Waals surface area contributed by atoms with Gasteiger partial charge in [0.25, 0.3) is 0 Å². The Hall–Kier alpha value is -3.57. The summed E-state index contributed by atoms with van der Waals surface area (Å²) in [6, 6.07) is 8.35. The van der Waals surface area contributed by atoms with E-state index in [2.05, 4.69) is 27.5 Å². The minimum absolute atomic E-state index is 0.0135. The molecule has 5 rings (SSSR count). The molecule has 0 radical (unpaired) electrons. The molecule has 41 heavy (non-hydrogen) atoms. The molecule has 1 fully saturated rings. The zero-order chi connectivity index (χ0) is 29.5. The van der Waals surface area contributed by atoms with Crippen molar-refractivity contribution in [2.24, 2.45) is 5.73 Å². The van der Waals surface area contributed by atoms with Crippen molar-refractivity contribution in [3.8, 4) is 5.75 Å². The van der Waals surface area contributed by atoms with Gasteiger partial charge in [-0.05, 0) is 75.8 Å². The molecule has 0 saturated carbocycles. The van der Waals surface area contributed by atoms with Gasteiger partial charge < -0.3 is 26.0 Å². The van der Waals surface area contributed by atoms with Gasteiger partial charge in [0.2, 0.25) is 5.95 Å². The van der Waals surface area contributed by atoms with Gasteiger partial charge in [-0.3, -0.25) is 0 Å². The molecule has 1 atom stereocenters. The molecular weight excluding hydrogens is 564 g/mol. The number of piperidine rings is 1. The number of nitrogens with one attached hydrogen (secondary N) is 2. The van der Waals surface area contributed by atoms with Gasteiger partial charge in [0.15, 0.2) is 15.7 Å². The summed E-state index contributed by atoms with van der Waals surface area (Å²) in [7, 11) is -3.54. The van der Waals surface area contributed by atoms with Gasteiger partial charge in [-0.25, -0.2) is 18.2 Å². The fourth-order valence-electron chi connectivity index (χ4n) is 5.64. The number of primary amides is 1. The molecule has 0 bridgehead atoms. The van der Waals surface area contributed by atoms with Gasteiger partial charge >= 0.3 is 6.03 Å². The summed E-state index contributed by atoms with van der Waals surface area (Å²) in [4.78, 5) is 22.4. The predicted molar refractivity (Wildman–Crippen MR) is 160 cm³/mol. The van der Waals surface area contributed by atoms with Crippen LogP contribution in [0.2, 0.25) is 5.02 Å². The van der Waals surface area contributed by atoms with Crippen molar-refractivity contribution in [2.45, 2.75) is 69.1 Å². The predicted octanol–water partition coefficient (Wildman–Crippen LogP) is 5.69. The third-order valence-corrected chi connectivity index (χ3v) is 10.2. The standard InChI is InChI=1S/C29H35ClN6O4S/c1-16(2)41(38,39)24-8-6-5-7-22(24)33-27-21(30)15-32-29(35-27)34-23-13-17(3)25(20-14-18(4)40-26(20)23)19-9-11-36(12-10-19)28(31)37/h5-8,13,15-16,18-19H,9-12,14H2,1-4H3,(H2,31,37)(H2,32,33,34,35)/t18-/m0/s1. The number of anilines is 4. The number of para-hydroxylation sites is 1. The lowest BCUT2D eigenvalue weighted by Crippen LogP contribution is -2.41. The molecule has 0 aliphatic carbocycles. The van der Waals surface area contributed by atoms with Crippen LogP contribution in [-0.2, 0) is 16.3 Å². The molecule has 218 valence electrons. The molecule has 2 aliphatic rings. The molecule has 1 saturated heterocycles. The van der Waals surface area contributed by atoms with Crippen LogP contribution in [0.15, 0.2) is 41.4 Å². The topological polar surface area (TPSA) is 140 Å². The van der Waals surface area contributed by atoms with E-state index in [4.69, 9.17) is 22.1 Å². The van der Waals surface area contributed by atoms with Crippen LogP contribution in [0.25, 0.3) is 0 Å². The van der Waals surface area contributed by atoms with E-state index < -0.39 is 15.1 Å². The lowest BCUT2D eigenvalue weighted by atomic mass is 9.82. The number of hydrogen-bond donors (Lipinski definition) is 3. The number of ether oxygens (including phenoxy) is 1. The number of aromatic nitrogens is 2. The molecule has 12 heteroatoms. The summed E-state index contributed by atoms with van der Waals surface area (Å²) in [6.07, 6.45) is 3.96. The largest absolute Gasteiger partial charge is 0.488 e. The summed E-state index contributed by atoms with van der Waals surface area (Å²) >= 11 is 6.43. The summed E-state index contributed by atoms with van der Waals surface area (Å²) in [5, 5.41) is 6.05. The molecule has 3 heterocycles. The number of fused-ring (bicyclic) bond motifs is 1. The Morgan fingerprint density at radius 2 is 1.88 bits per heavy atom. The second-order valence-corrected chi connectivity index (χ2v) is 13.8. The number of urea groups is 1. The molecule has 2 amide bonds. The minimum Gasteiger partial charge on any atom is -0.488 e. The van der Waals surface area contributed by atoms with Gasteiger partial charge in [-0.15, -0.1) is 0 Å². The number of sulfone groups is 1. The molecule has 4 N–H and O–H groups in total. The number of carbonyl (C=O) groups is 1. The fraction of sp³-hybridized carbons (Fsp3) is 0.414. The Kier molecular flexibility index (Phi) is 8.02. The minimum atomic E-state index is -3.54. The van der Waals surface area contributed by atoms with Crippen molar-refractivity contribution in [3.63, 3.8) is 0 Å². The first-order valence-electron chi connectivity index (χ1n) is 13.7. The molecule has 0 spiro atoms. The van der Waals surface area contributed by atoms with Crippen molar-refractivity contribution in [2.75, 3.05) is 23.7 Å². The summed E-state index contributed by atoms with van der Waals surface area (Å²) in [6.45, 7) is 8.70. The SMILES string of the molecule is Cc1cc(Nc2ncc(Cl)c(Nc3ccccc3S(=O)(=O)C(C)C)n2)c2c(c1C1CCN(C(N)=O)CC1)C[C@H](C)O2. The molecule has 0 unspecified atom stereocenters. The van der Waals surface area contributed by atoms with Crippen molar-refractivity contribution < 1.29 is 17.9 Å². The highest BCUT2D eigenvalue weighted by Crippen LogP contribution is 2.46. The maximum atomic E-state index is 12.9. The monoisotopic (exact) mass is 598 g/mol. The van der Waals surface area contributed by atoms with Crippen LogP contribution >= 0.6 is 11.6 Å². The van der Waals surface area contributed by atoms with Crippen molar-refractivity contribution >= 4 is 50.6 Å². The smallest absolute Gasteiger partial charge is 0.314 e. The first kappa shape index (κ1) is 28.9. The molecule has 1 aromatic heterocycles. The second kappa shape index (κ2) is 11.4. The van der Waals surface area contributed by atoms with Crippen molar-refractivity contribution in [3.05, 3.63) is 58.2 Å². The number of nitrogens with zero attached hydrogens (tertiary/aromatic N) is 3. The quantitative estimate of drug-likeness (QED) is 0.315. The number of hydrogen-bond acceptors (Lipinski definition) is 8. The summed E-state index contributed by atoms with van der Waals surface area (Å²) < 4.78 is 32.1. The third kappa shape index (κ3) is 5.78. The molecule has 3 aromatic rings. The molecule has 10 nitrogen and oxygen atoms in total. The van der Waals surface area contributed by atoms with E-state index in [9.17, 15) is 13.2 Å². The Morgan fingerprint density at radius 1 is 1.17 bits per heavy atom. The average Bonchev–Trinajstić information content (AvgIpc) is 3.32. The maximum Gasteiger partial charge on any atom is 0.314 e. The Labute approximate surface area is 245 Å². The van der Waals surface area contributed by atoms with Crippen LogP contribution in [0.5, 0.6) is 5.75 Å².